The second-order valence-corrected chi connectivity index (χ2v) is 4.44. The van der Waals surface area contributed by atoms with E-state index in [1.54, 1.807) is 17.3 Å². The SMILES string of the molecule is CC(N)CCC(=O)N(C)CCc1ccncc1.Cl.Cl. The van der Waals surface area contributed by atoms with E-state index in [0.29, 0.717) is 6.42 Å². The van der Waals surface area contributed by atoms with Gasteiger partial charge >= 0.3 is 0 Å². The lowest BCUT2D eigenvalue weighted by molar-refractivity contribution is -0.130. The molecule has 0 saturated heterocycles. The predicted molar refractivity (Wildman–Crippen MR) is 83.0 cm³/mol. The molecule has 0 fully saturated rings. The number of rotatable bonds is 6. The van der Waals surface area contributed by atoms with Crippen LogP contribution in [-0.4, -0.2) is 35.4 Å². The topological polar surface area (TPSA) is 59.2 Å². The third kappa shape index (κ3) is 8.81. The number of carbonyl (C=O) groups is 1. The van der Waals surface area contributed by atoms with Crippen LogP contribution in [0.5, 0.6) is 0 Å². The molecule has 0 radical (unpaired) electrons. The second-order valence-electron chi connectivity index (χ2n) is 4.44. The van der Waals surface area contributed by atoms with Crippen LogP contribution in [0, 0.1) is 0 Å². The normalized spacial score (nSPS) is 10.9. The Labute approximate surface area is 127 Å². The standard InChI is InChI=1S/C13H21N3O.2ClH/c1-11(14)3-4-13(17)16(2)10-7-12-5-8-15-9-6-12;;/h5-6,8-9,11H,3-4,7,10,14H2,1-2H3;2*1H. The molecule has 0 aromatic carbocycles. The van der Waals surface area contributed by atoms with Gasteiger partial charge < -0.3 is 10.6 Å². The van der Waals surface area contributed by atoms with Crippen LogP contribution < -0.4 is 5.73 Å². The number of halogens is 2. The highest BCUT2D eigenvalue weighted by atomic mass is 35.5. The maximum absolute atomic E-state index is 11.7. The number of pyridine rings is 1. The Kier molecular flexibility index (Phi) is 11.9. The first kappa shape index (κ1) is 20.5. The van der Waals surface area contributed by atoms with E-state index >= 15 is 0 Å². The van der Waals surface area contributed by atoms with Crippen molar-refractivity contribution in [1.82, 2.24) is 9.88 Å². The summed E-state index contributed by atoms with van der Waals surface area (Å²) in [5.74, 6) is 0.163. The van der Waals surface area contributed by atoms with E-state index in [1.165, 1.54) is 5.56 Å². The number of likely N-dealkylation sites (N-methyl/N-ethyl adjacent to an activating group) is 1. The first-order chi connectivity index (χ1) is 8.09. The van der Waals surface area contributed by atoms with Crippen LogP contribution in [0.1, 0.15) is 25.3 Å². The zero-order chi connectivity index (χ0) is 12.7. The third-order valence-electron chi connectivity index (χ3n) is 2.72. The predicted octanol–water partition coefficient (Wildman–Crippen LogP) is 2.05. The van der Waals surface area contributed by atoms with Gasteiger partial charge in [0.2, 0.25) is 5.91 Å². The molecule has 1 heterocycles. The van der Waals surface area contributed by atoms with Crippen molar-refractivity contribution in [3.63, 3.8) is 0 Å². The van der Waals surface area contributed by atoms with Gasteiger partial charge in [0, 0.05) is 38.4 Å². The van der Waals surface area contributed by atoms with Gasteiger partial charge in [0.15, 0.2) is 0 Å². The van der Waals surface area contributed by atoms with Crippen LogP contribution in [0.2, 0.25) is 0 Å². The number of nitrogens with two attached hydrogens (primary N) is 1. The number of hydrogen-bond acceptors (Lipinski definition) is 3. The van der Waals surface area contributed by atoms with Crippen molar-refractivity contribution in [3.8, 4) is 0 Å². The first-order valence-corrected chi connectivity index (χ1v) is 5.98. The Morgan fingerprint density at radius 3 is 2.47 bits per heavy atom. The summed E-state index contributed by atoms with van der Waals surface area (Å²) in [6.07, 6.45) is 5.69. The maximum Gasteiger partial charge on any atom is 0.222 e. The maximum atomic E-state index is 11.7. The Hall–Kier alpha value is -0.840. The first-order valence-electron chi connectivity index (χ1n) is 5.98. The molecule has 19 heavy (non-hydrogen) atoms. The monoisotopic (exact) mass is 307 g/mol. The van der Waals surface area contributed by atoms with Crippen molar-refractivity contribution in [2.45, 2.75) is 32.2 Å². The van der Waals surface area contributed by atoms with Crippen molar-refractivity contribution >= 4 is 30.7 Å². The van der Waals surface area contributed by atoms with Gasteiger partial charge in [0.05, 0.1) is 0 Å². The average Bonchev–Trinajstić information content (AvgIpc) is 2.34. The van der Waals surface area contributed by atoms with Crippen LogP contribution in [0.4, 0.5) is 0 Å². The number of amides is 1. The summed E-state index contributed by atoms with van der Waals surface area (Å²) in [7, 11) is 1.84. The summed E-state index contributed by atoms with van der Waals surface area (Å²) < 4.78 is 0. The molecule has 0 aliphatic heterocycles. The quantitative estimate of drug-likeness (QED) is 0.875. The summed E-state index contributed by atoms with van der Waals surface area (Å²) in [4.78, 5) is 17.5. The van der Waals surface area contributed by atoms with Gasteiger partial charge in [-0.1, -0.05) is 0 Å². The van der Waals surface area contributed by atoms with Crippen LogP contribution in [0.25, 0.3) is 0 Å². The van der Waals surface area contributed by atoms with E-state index in [2.05, 4.69) is 4.98 Å². The highest BCUT2D eigenvalue weighted by Gasteiger charge is 2.09. The molecule has 1 atom stereocenters. The molecule has 4 nitrogen and oxygen atoms in total. The third-order valence-corrected chi connectivity index (χ3v) is 2.72. The van der Waals surface area contributed by atoms with Crippen molar-refractivity contribution in [2.24, 2.45) is 5.73 Å². The number of nitrogens with zero attached hydrogens (tertiary/aromatic N) is 2. The summed E-state index contributed by atoms with van der Waals surface area (Å²) in [5.41, 5.74) is 6.83. The molecule has 1 aromatic heterocycles. The Morgan fingerprint density at radius 1 is 1.37 bits per heavy atom. The van der Waals surface area contributed by atoms with Crippen molar-refractivity contribution in [3.05, 3.63) is 30.1 Å². The lowest BCUT2D eigenvalue weighted by Crippen LogP contribution is -2.30. The zero-order valence-electron chi connectivity index (χ0n) is 11.4. The largest absolute Gasteiger partial charge is 0.345 e. The molecular formula is C13H23Cl2N3O. The molecule has 0 bridgehead atoms. The molecule has 0 aliphatic rings. The van der Waals surface area contributed by atoms with Gasteiger partial charge in [-0.25, -0.2) is 0 Å². The lowest BCUT2D eigenvalue weighted by atomic mass is 10.1. The Morgan fingerprint density at radius 2 is 1.95 bits per heavy atom. The fourth-order valence-electron chi connectivity index (χ4n) is 1.51. The van der Waals surface area contributed by atoms with Gasteiger partial charge in [0.25, 0.3) is 0 Å². The molecule has 1 rings (SSSR count). The smallest absolute Gasteiger partial charge is 0.222 e. The Balaban J connectivity index is 0. The minimum Gasteiger partial charge on any atom is -0.345 e. The summed E-state index contributed by atoms with van der Waals surface area (Å²) >= 11 is 0. The van der Waals surface area contributed by atoms with E-state index in [-0.39, 0.29) is 36.8 Å². The molecule has 1 aromatic rings. The second kappa shape index (κ2) is 11.0. The molecule has 0 spiro atoms. The molecular weight excluding hydrogens is 285 g/mol. The fourth-order valence-corrected chi connectivity index (χ4v) is 1.51. The molecule has 1 amide bonds. The van der Waals surface area contributed by atoms with Gasteiger partial charge in [-0.05, 0) is 37.5 Å². The van der Waals surface area contributed by atoms with Gasteiger partial charge in [-0.3, -0.25) is 9.78 Å². The molecule has 2 N–H and O–H groups in total. The summed E-state index contributed by atoms with van der Waals surface area (Å²) in [5, 5.41) is 0. The minimum atomic E-state index is 0. The van der Waals surface area contributed by atoms with E-state index in [4.69, 9.17) is 5.73 Å². The van der Waals surface area contributed by atoms with Gasteiger partial charge in [-0.15, -0.1) is 24.8 Å². The number of hydrogen-bond donors (Lipinski definition) is 1. The average molecular weight is 308 g/mol. The van der Waals surface area contributed by atoms with Crippen LogP contribution in [0.15, 0.2) is 24.5 Å². The fraction of sp³-hybridized carbons (Fsp3) is 0.538. The minimum absolute atomic E-state index is 0. The highest BCUT2D eigenvalue weighted by Crippen LogP contribution is 2.02. The van der Waals surface area contributed by atoms with Crippen molar-refractivity contribution < 1.29 is 4.79 Å². The molecule has 110 valence electrons. The lowest BCUT2D eigenvalue weighted by Gasteiger charge is -2.17. The van der Waals surface area contributed by atoms with Crippen LogP contribution in [0.3, 0.4) is 0 Å². The molecule has 0 aliphatic carbocycles. The summed E-state index contributed by atoms with van der Waals surface area (Å²) in [6, 6.07) is 4.04. The van der Waals surface area contributed by atoms with E-state index in [1.807, 2.05) is 26.1 Å². The van der Waals surface area contributed by atoms with Crippen molar-refractivity contribution in [1.29, 1.82) is 0 Å². The van der Waals surface area contributed by atoms with Crippen molar-refractivity contribution in [2.75, 3.05) is 13.6 Å². The molecule has 6 heteroatoms. The van der Waals surface area contributed by atoms with Gasteiger partial charge in [-0.2, -0.15) is 0 Å². The van der Waals surface area contributed by atoms with Crippen LogP contribution in [-0.2, 0) is 11.2 Å². The summed E-state index contributed by atoms with van der Waals surface area (Å²) in [6.45, 7) is 2.66. The van der Waals surface area contributed by atoms with E-state index in [9.17, 15) is 4.79 Å². The highest BCUT2D eigenvalue weighted by molar-refractivity contribution is 5.85. The van der Waals surface area contributed by atoms with E-state index < -0.39 is 0 Å². The molecule has 1 unspecified atom stereocenters. The number of carbonyl (C=O) groups excluding carboxylic acids is 1. The molecule has 0 saturated carbocycles. The van der Waals surface area contributed by atoms with Crippen LogP contribution >= 0.6 is 24.8 Å². The van der Waals surface area contributed by atoms with E-state index in [0.717, 1.165) is 19.4 Å². The zero-order valence-corrected chi connectivity index (χ0v) is 13.0. The van der Waals surface area contributed by atoms with Gasteiger partial charge in [0.1, 0.15) is 0 Å². The number of aromatic nitrogens is 1. The Bertz CT molecular complexity index is 347.